The Morgan fingerprint density at radius 3 is 2.72 bits per heavy atom. The van der Waals surface area contributed by atoms with Crippen LogP contribution in [0.2, 0.25) is 0 Å². The van der Waals surface area contributed by atoms with Crippen molar-refractivity contribution in [1.82, 2.24) is 14.8 Å². The molecular formula is C9H8N6O3. The number of carbonyl (C=O) groups is 1. The summed E-state index contributed by atoms with van der Waals surface area (Å²) in [4.78, 5) is 25.0. The molecule has 0 fully saturated rings. The number of rotatable bonds is 3. The molecule has 2 aromatic rings. The summed E-state index contributed by atoms with van der Waals surface area (Å²) in [6, 6.07) is 2.52. The summed E-state index contributed by atoms with van der Waals surface area (Å²) >= 11 is 0. The molecular weight excluding hydrogens is 240 g/mol. The van der Waals surface area contributed by atoms with Gasteiger partial charge in [0.05, 0.1) is 16.7 Å². The molecule has 0 bridgehead atoms. The molecule has 0 radical (unpaired) electrons. The molecule has 0 aliphatic heterocycles. The lowest BCUT2D eigenvalue weighted by Crippen LogP contribution is -2.10. The van der Waals surface area contributed by atoms with Gasteiger partial charge in [-0.3, -0.25) is 14.9 Å². The minimum atomic E-state index is -0.687. The summed E-state index contributed by atoms with van der Waals surface area (Å²) in [7, 11) is 0. The minimum absolute atomic E-state index is 0.0764. The summed E-state index contributed by atoms with van der Waals surface area (Å²) in [6.07, 6.45) is 2.44. The van der Waals surface area contributed by atoms with Crippen LogP contribution in [0.3, 0.4) is 0 Å². The zero-order valence-electron chi connectivity index (χ0n) is 8.98. The zero-order chi connectivity index (χ0) is 13.3. The monoisotopic (exact) mass is 248 g/mol. The largest absolute Gasteiger partial charge is 0.384 e. The van der Waals surface area contributed by atoms with Crippen molar-refractivity contribution in [3.8, 4) is 5.82 Å². The first-order chi connectivity index (χ1) is 8.49. The maximum absolute atomic E-state index is 10.9. The third-order valence-corrected chi connectivity index (χ3v) is 2.16. The summed E-state index contributed by atoms with van der Waals surface area (Å²) in [6.45, 7) is 0. The quantitative estimate of drug-likeness (QED) is 0.571. The predicted octanol–water partition coefficient (Wildman–Crippen LogP) is -0.143. The van der Waals surface area contributed by atoms with E-state index in [1.807, 2.05) is 0 Å². The highest BCUT2D eigenvalue weighted by molar-refractivity contribution is 5.92. The Bertz CT molecular complexity index is 635. The van der Waals surface area contributed by atoms with Crippen LogP contribution in [0, 0.1) is 10.1 Å². The van der Waals surface area contributed by atoms with Crippen LogP contribution >= 0.6 is 0 Å². The van der Waals surface area contributed by atoms with Crippen molar-refractivity contribution in [3.05, 3.63) is 40.2 Å². The van der Waals surface area contributed by atoms with Gasteiger partial charge in [0.15, 0.2) is 0 Å². The average Bonchev–Trinajstić information content (AvgIpc) is 2.77. The molecule has 0 aliphatic rings. The maximum atomic E-state index is 10.9. The highest BCUT2D eigenvalue weighted by atomic mass is 16.6. The number of hydrogen-bond acceptors (Lipinski definition) is 6. The lowest BCUT2D eigenvalue weighted by atomic mass is 10.3. The lowest BCUT2D eigenvalue weighted by molar-refractivity contribution is -0.384. The maximum Gasteiger partial charge on any atom is 0.313 e. The number of carbonyl (C=O) groups excluding carboxylic acids is 1. The molecule has 9 nitrogen and oxygen atoms in total. The van der Waals surface area contributed by atoms with Gasteiger partial charge in [0.2, 0.25) is 5.82 Å². The van der Waals surface area contributed by atoms with Gasteiger partial charge in [-0.2, -0.15) is 5.10 Å². The van der Waals surface area contributed by atoms with Crippen LogP contribution in [0.4, 0.5) is 11.5 Å². The topological polar surface area (TPSA) is 143 Å². The van der Waals surface area contributed by atoms with Crippen molar-refractivity contribution < 1.29 is 9.72 Å². The Morgan fingerprint density at radius 2 is 2.17 bits per heavy atom. The number of aromatic nitrogens is 3. The van der Waals surface area contributed by atoms with E-state index < -0.39 is 10.8 Å². The molecule has 2 rings (SSSR count). The van der Waals surface area contributed by atoms with E-state index in [0.29, 0.717) is 0 Å². The minimum Gasteiger partial charge on any atom is -0.384 e. The van der Waals surface area contributed by atoms with Gasteiger partial charge in [-0.25, -0.2) is 9.67 Å². The van der Waals surface area contributed by atoms with Gasteiger partial charge in [0.25, 0.3) is 5.91 Å². The Kier molecular flexibility index (Phi) is 2.64. The Balaban J connectivity index is 2.57. The molecule has 0 saturated carbocycles. The number of hydrogen-bond donors (Lipinski definition) is 2. The fourth-order valence-electron chi connectivity index (χ4n) is 1.33. The van der Waals surface area contributed by atoms with E-state index in [2.05, 4.69) is 10.1 Å². The van der Waals surface area contributed by atoms with E-state index >= 15 is 0 Å². The number of nitrogens with zero attached hydrogens (tertiary/aromatic N) is 4. The first-order valence-electron chi connectivity index (χ1n) is 4.75. The van der Waals surface area contributed by atoms with E-state index in [-0.39, 0.29) is 22.9 Å². The van der Waals surface area contributed by atoms with Crippen LogP contribution in [0.1, 0.15) is 10.4 Å². The molecule has 92 valence electrons. The molecule has 1 amide bonds. The fourth-order valence-corrected chi connectivity index (χ4v) is 1.33. The summed E-state index contributed by atoms with van der Waals surface area (Å²) in [5.41, 5.74) is 10.4. The van der Waals surface area contributed by atoms with Gasteiger partial charge < -0.3 is 11.5 Å². The van der Waals surface area contributed by atoms with Gasteiger partial charge in [-0.1, -0.05) is 0 Å². The number of nitrogens with two attached hydrogens (primary N) is 2. The van der Waals surface area contributed by atoms with Gasteiger partial charge in [-0.15, -0.1) is 0 Å². The van der Waals surface area contributed by atoms with Crippen LogP contribution in [0.25, 0.3) is 5.82 Å². The molecule has 2 heterocycles. The van der Waals surface area contributed by atoms with Crippen molar-refractivity contribution in [2.24, 2.45) is 5.73 Å². The van der Waals surface area contributed by atoms with E-state index in [1.54, 1.807) is 0 Å². The fraction of sp³-hybridized carbons (Fsp3) is 0. The number of pyridine rings is 1. The van der Waals surface area contributed by atoms with Crippen molar-refractivity contribution >= 4 is 17.4 Å². The van der Waals surface area contributed by atoms with Crippen molar-refractivity contribution in [1.29, 1.82) is 0 Å². The van der Waals surface area contributed by atoms with Crippen molar-refractivity contribution in [2.75, 3.05) is 5.73 Å². The average molecular weight is 248 g/mol. The smallest absolute Gasteiger partial charge is 0.313 e. The standard InChI is InChI=1S/C9H8N6O3/c10-7-2-1-6(15(17)18)9(13-7)14-4-5(3-12-14)8(11)16/h1-4H,(H2,10,13)(H2,11,16). The second-order valence-corrected chi connectivity index (χ2v) is 3.37. The molecule has 2 aromatic heterocycles. The predicted molar refractivity (Wildman–Crippen MR) is 60.9 cm³/mol. The second kappa shape index (κ2) is 4.13. The van der Waals surface area contributed by atoms with Crippen LogP contribution in [0.15, 0.2) is 24.5 Å². The van der Waals surface area contributed by atoms with Crippen molar-refractivity contribution in [3.63, 3.8) is 0 Å². The molecule has 0 aliphatic carbocycles. The van der Waals surface area contributed by atoms with E-state index in [1.165, 1.54) is 24.5 Å². The summed E-state index contributed by atoms with van der Waals surface area (Å²) in [5.74, 6) is -0.660. The molecule has 0 saturated heterocycles. The number of nitro groups is 1. The third kappa shape index (κ3) is 1.96. The van der Waals surface area contributed by atoms with E-state index in [9.17, 15) is 14.9 Å². The number of nitrogen functional groups attached to an aromatic ring is 1. The molecule has 4 N–H and O–H groups in total. The molecule has 0 unspecified atom stereocenters. The number of primary amides is 1. The third-order valence-electron chi connectivity index (χ3n) is 2.16. The van der Waals surface area contributed by atoms with Gasteiger partial charge >= 0.3 is 5.69 Å². The SMILES string of the molecule is NC(=O)c1cnn(-c2nc(N)ccc2[N+](=O)[O-])c1. The van der Waals surface area contributed by atoms with Gasteiger partial charge in [0, 0.05) is 12.3 Å². The summed E-state index contributed by atoms with van der Waals surface area (Å²) < 4.78 is 1.08. The van der Waals surface area contributed by atoms with Crippen molar-refractivity contribution in [2.45, 2.75) is 0 Å². The molecule has 0 atom stereocenters. The van der Waals surface area contributed by atoms with Crippen LogP contribution < -0.4 is 11.5 Å². The molecule has 18 heavy (non-hydrogen) atoms. The van der Waals surface area contributed by atoms with E-state index in [4.69, 9.17) is 11.5 Å². The molecule has 9 heteroatoms. The Labute approximate surface area is 100 Å². The number of anilines is 1. The highest BCUT2D eigenvalue weighted by Gasteiger charge is 2.18. The first kappa shape index (κ1) is 11.5. The first-order valence-corrected chi connectivity index (χ1v) is 4.75. The van der Waals surface area contributed by atoms with Gasteiger partial charge in [-0.05, 0) is 6.07 Å². The van der Waals surface area contributed by atoms with Crippen LogP contribution in [-0.4, -0.2) is 25.6 Å². The molecule has 0 spiro atoms. The zero-order valence-corrected chi connectivity index (χ0v) is 8.98. The van der Waals surface area contributed by atoms with Crippen LogP contribution in [0.5, 0.6) is 0 Å². The summed E-state index contributed by atoms with van der Waals surface area (Å²) in [5, 5.41) is 14.6. The van der Waals surface area contributed by atoms with E-state index in [0.717, 1.165) is 4.68 Å². The highest BCUT2D eigenvalue weighted by Crippen LogP contribution is 2.21. The normalized spacial score (nSPS) is 10.2. The Morgan fingerprint density at radius 1 is 1.44 bits per heavy atom. The number of amides is 1. The Hall–Kier alpha value is -2.97. The van der Waals surface area contributed by atoms with Gasteiger partial charge in [0.1, 0.15) is 5.82 Å². The second-order valence-electron chi connectivity index (χ2n) is 3.37. The molecule has 0 aromatic carbocycles. The lowest BCUT2D eigenvalue weighted by Gasteiger charge is -2.02. The van der Waals surface area contributed by atoms with Crippen LogP contribution in [-0.2, 0) is 0 Å².